The molecule has 0 heterocycles. The van der Waals surface area contributed by atoms with Crippen molar-refractivity contribution in [3.8, 4) is 16.9 Å². The summed E-state index contributed by atoms with van der Waals surface area (Å²) in [5.41, 5.74) is 3.68. The third kappa shape index (κ3) is 3.84. The molecule has 0 aliphatic heterocycles. The summed E-state index contributed by atoms with van der Waals surface area (Å²) >= 11 is 0. The van der Waals surface area contributed by atoms with Crippen LogP contribution in [-0.4, -0.2) is 13.2 Å². The van der Waals surface area contributed by atoms with Crippen LogP contribution >= 0.6 is 0 Å². The van der Waals surface area contributed by atoms with E-state index in [1.54, 1.807) is 0 Å². The van der Waals surface area contributed by atoms with Crippen molar-refractivity contribution >= 4 is 0 Å². The molecule has 2 nitrogen and oxygen atoms in total. The minimum absolute atomic E-state index is 0.759. The zero-order valence-electron chi connectivity index (χ0n) is 12.4. The number of rotatable bonds is 7. The first-order valence-corrected chi connectivity index (χ1v) is 7.37. The van der Waals surface area contributed by atoms with Gasteiger partial charge in [0.05, 0.1) is 6.61 Å². The quantitative estimate of drug-likeness (QED) is 0.811. The summed E-state index contributed by atoms with van der Waals surface area (Å²) in [7, 11) is 0. The van der Waals surface area contributed by atoms with Crippen LogP contribution in [0.3, 0.4) is 0 Å². The minimum Gasteiger partial charge on any atom is -0.493 e. The largest absolute Gasteiger partial charge is 0.493 e. The molecule has 2 heteroatoms. The molecule has 0 saturated carbocycles. The van der Waals surface area contributed by atoms with E-state index >= 15 is 0 Å². The normalized spacial score (nSPS) is 10.5. The third-order valence-corrected chi connectivity index (χ3v) is 3.19. The molecule has 2 rings (SSSR count). The zero-order chi connectivity index (χ0) is 14.2. The van der Waals surface area contributed by atoms with Crippen molar-refractivity contribution in [3.63, 3.8) is 0 Å². The summed E-state index contributed by atoms with van der Waals surface area (Å²) in [6.45, 7) is 6.92. The van der Waals surface area contributed by atoms with Crippen LogP contribution in [-0.2, 0) is 6.54 Å². The molecular weight excluding hydrogens is 246 g/mol. The molecule has 1 N–H and O–H groups in total. The highest BCUT2D eigenvalue weighted by Gasteiger charge is 2.05. The Balaban J connectivity index is 2.18. The first kappa shape index (κ1) is 14.6. The molecule has 0 amide bonds. The van der Waals surface area contributed by atoms with Gasteiger partial charge in [-0.1, -0.05) is 56.3 Å². The molecule has 0 aliphatic carbocycles. The summed E-state index contributed by atoms with van der Waals surface area (Å²) < 4.78 is 5.82. The summed E-state index contributed by atoms with van der Waals surface area (Å²) in [5, 5.41) is 3.34. The average Bonchev–Trinajstić information content (AvgIpc) is 2.52. The molecule has 0 saturated heterocycles. The van der Waals surface area contributed by atoms with Gasteiger partial charge in [-0.15, -0.1) is 0 Å². The number of hydrogen-bond donors (Lipinski definition) is 1. The lowest BCUT2D eigenvalue weighted by Gasteiger charge is -2.11. The third-order valence-electron chi connectivity index (χ3n) is 3.19. The average molecular weight is 269 g/mol. The topological polar surface area (TPSA) is 21.3 Å². The fraction of sp³-hybridized carbons (Fsp3) is 0.333. The lowest BCUT2D eigenvalue weighted by atomic mass is 10.0. The molecule has 0 atom stereocenters. The van der Waals surface area contributed by atoms with Gasteiger partial charge < -0.3 is 10.1 Å². The van der Waals surface area contributed by atoms with Crippen molar-refractivity contribution in [1.82, 2.24) is 5.32 Å². The molecule has 106 valence electrons. The van der Waals surface area contributed by atoms with Crippen molar-refractivity contribution < 1.29 is 4.74 Å². The highest BCUT2D eigenvalue weighted by atomic mass is 16.5. The van der Waals surface area contributed by atoms with Crippen molar-refractivity contribution in [2.45, 2.75) is 26.8 Å². The summed E-state index contributed by atoms with van der Waals surface area (Å²) in [5.74, 6) is 0.966. The number of nitrogens with one attached hydrogen (secondary N) is 1. The Kier molecular flexibility index (Phi) is 5.63. The monoisotopic (exact) mass is 269 g/mol. The molecule has 0 unspecified atom stereocenters. The van der Waals surface area contributed by atoms with Gasteiger partial charge in [-0.25, -0.2) is 0 Å². The Labute approximate surface area is 121 Å². The molecular formula is C18H23NO. The minimum atomic E-state index is 0.759. The Hall–Kier alpha value is -1.80. The lowest BCUT2D eigenvalue weighted by Crippen LogP contribution is -2.11. The van der Waals surface area contributed by atoms with Gasteiger partial charge in [-0.05, 0) is 30.2 Å². The van der Waals surface area contributed by atoms with Crippen LogP contribution in [0.25, 0.3) is 11.1 Å². The second kappa shape index (κ2) is 7.71. The summed E-state index contributed by atoms with van der Waals surface area (Å²) in [6.07, 6.45) is 1.02. The fourth-order valence-corrected chi connectivity index (χ4v) is 2.11. The Bertz CT molecular complexity index is 519. The van der Waals surface area contributed by atoms with E-state index in [0.29, 0.717) is 0 Å². The van der Waals surface area contributed by atoms with Gasteiger partial charge in [-0.3, -0.25) is 0 Å². The van der Waals surface area contributed by atoms with Crippen LogP contribution in [0, 0.1) is 0 Å². The van der Waals surface area contributed by atoms with Gasteiger partial charge in [0.15, 0.2) is 0 Å². The summed E-state index contributed by atoms with van der Waals surface area (Å²) in [4.78, 5) is 0. The van der Waals surface area contributed by atoms with E-state index in [0.717, 1.165) is 37.4 Å². The van der Waals surface area contributed by atoms with Crippen molar-refractivity contribution in [2.24, 2.45) is 0 Å². The smallest absolute Gasteiger partial charge is 0.127 e. The number of hydrogen-bond acceptors (Lipinski definition) is 2. The van der Waals surface area contributed by atoms with E-state index in [9.17, 15) is 0 Å². The van der Waals surface area contributed by atoms with E-state index in [-0.39, 0.29) is 0 Å². The Morgan fingerprint density at radius 1 is 0.950 bits per heavy atom. The van der Waals surface area contributed by atoms with Crippen LogP contribution in [0.1, 0.15) is 25.8 Å². The second-order valence-corrected chi connectivity index (χ2v) is 4.82. The first-order chi connectivity index (χ1) is 9.85. The maximum absolute atomic E-state index is 5.82. The van der Waals surface area contributed by atoms with Crippen LogP contribution in [0.5, 0.6) is 5.75 Å². The van der Waals surface area contributed by atoms with E-state index in [1.165, 1.54) is 11.1 Å². The van der Waals surface area contributed by atoms with Crippen molar-refractivity contribution in [1.29, 1.82) is 0 Å². The predicted octanol–water partition coefficient (Wildman–Crippen LogP) is 4.25. The predicted molar refractivity (Wildman–Crippen MR) is 85.0 cm³/mol. The zero-order valence-corrected chi connectivity index (χ0v) is 12.4. The Morgan fingerprint density at radius 2 is 1.70 bits per heavy atom. The molecule has 2 aromatic carbocycles. The van der Waals surface area contributed by atoms with Gasteiger partial charge in [0.25, 0.3) is 0 Å². The lowest BCUT2D eigenvalue weighted by molar-refractivity contribution is 0.318. The highest BCUT2D eigenvalue weighted by molar-refractivity contribution is 5.70. The molecule has 0 fully saturated rings. The van der Waals surface area contributed by atoms with E-state index in [1.807, 2.05) is 12.1 Å². The van der Waals surface area contributed by atoms with E-state index in [2.05, 4.69) is 55.6 Å². The Morgan fingerprint density at radius 3 is 2.40 bits per heavy atom. The molecule has 0 spiro atoms. The molecule has 0 radical (unpaired) electrons. The van der Waals surface area contributed by atoms with Gasteiger partial charge in [0.1, 0.15) is 5.75 Å². The van der Waals surface area contributed by atoms with E-state index in [4.69, 9.17) is 4.74 Å². The van der Waals surface area contributed by atoms with Crippen molar-refractivity contribution in [2.75, 3.05) is 13.2 Å². The number of para-hydroxylation sites is 1. The summed E-state index contributed by atoms with van der Waals surface area (Å²) in [6, 6.07) is 16.9. The van der Waals surface area contributed by atoms with Crippen LogP contribution in [0.15, 0.2) is 48.5 Å². The second-order valence-electron chi connectivity index (χ2n) is 4.82. The number of ether oxygens (including phenoxy) is 1. The highest BCUT2D eigenvalue weighted by Crippen LogP contribution is 2.30. The molecule has 0 aliphatic rings. The van der Waals surface area contributed by atoms with Gasteiger partial charge in [-0.2, -0.15) is 0 Å². The molecule has 2 aromatic rings. The van der Waals surface area contributed by atoms with Crippen LogP contribution in [0.4, 0.5) is 0 Å². The van der Waals surface area contributed by atoms with Crippen molar-refractivity contribution in [3.05, 3.63) is 54.1 Å². The van der Waals surface area contributed by atoms with Crippen LogP contribution < -0.4 is 10.1 Å². The molecule has 0 bridgehead atoms. The maximum Gasteiger partial charge on any atom is 0.127 e. The molecule has 20 heavy (non-hydrogen) atoms. The fourth-order valence-electron chi connectivity index (χ4n) is 2.11. The maximum atomic E-state index is 5.82. The van der Waals surface area contributed by atoms with E-state index < -0.39 is 0 Å². The molecule has 0 aromatic heterocycles. The first-order valence-electron chi connectivity index (χ1n) is 7.37. The van der Waals surface area contributed by atoms with Gasteiger partial charge in [0, 0.05) is 12.1 Å². The standard InChI is InChI=1S/C18H23NO/c1-3-13-20-18-8-6-5-7-17(18)16-11-9-15(10-12-16)14-19-4-2/h5-12,19H,3-4,13-14H2,1-2H3. The van der Waals surface area contributed by atoms with Gasteiger partial charge in [0.2, 0.25) is 0 Å². The van der Waals surface area contributed by atoms with Crippen LogP contribution in [0.2, 0.25) is 0 Å². The van der Waals surface area contributed by atoms with Gasteiger partial charge >= 0.3 is 0 Å². The SMILES string of the molecule is CCCOc1ccccc1-c1ccc(CNCC)cc1. The number of benzene rings is 2.